The van der Waals surface area contributed by atoms with Crippen LogP contribution in [0.15, 0.2) is 41.3 Å². The average Bonchev–Trinajstić information content (AvgIpc) is 3.07. The Bertz CT molecular complexity index is 1160. The van der Waals surface area contributed by atoms with Gasteiger partial charge in [-0.2, -0.15) is 23.5 Å². The number of aliphatic hydroxyl groups excluding tert-OH is 1. The second-order valence-corrected chi connectivity index (χ2v) is 7.33. The first kappa shape index (κ1) is 20.0. The number of hydrogen-bond acceptors (Lipinski definition) is 5. The third-order valence-corrected chi connectivity index (χ3v) is 5.37. The molecule has 1 aliphatic carbocycles. The molecule has 10 heteroatoms. The number of rotatable bonds is 3. The highest BCUT2D eigenvalue weighted by molar-refractivity contribution is 5.91. The molecule has 2 aromatic heterocycles. The van der Waals surface area contributed by atoms with Crippen LogP contribution in [0.2, 0.25) is 0 Å². The van der Waals surface area contributed by atoms with Gasteiger partial charge in [0.1, 0.15) is 5.39 Å². The van der Waals surface area contributed by atoms with Gasteiger partial charge < -0.3 is 15.4 Å². The number of nitrogens with zero attached hydrogens (tertiary/aromatic N) is 3. The summed E-state index contributed by atoms with van der Waals surface area (Å²) in [6.07, 6.45) is -2.18. The van der Waals surface area contributed by atoms with Crippen LogP contribution in [0.3, 0.4) is 0 Å². The predicted octanol–water partition coefficient (Wildman–Crippen LogP) is 3.71. The highest BCUT2D eigenvalue weighted by Gasteiger charge is 2.33. The zero-order chi connectivity index (χ0) is 21.5. The number of nitriles is 1. The van der Waals surface area contributed by atoms with Gasteiger partial charge >= 0.3 is 6.18 Å². The number of H-pyrrole nitrogens is 1. The van der Waals surface area contributed by atoms with Crippen molar-refractivity contribution in [2.45, 2.75) is 37.6 Å². The molecule has 3 aromatic rings. The van der Waals surface area contributed by atoms with E-state index in [1.165, 1.54) is 18.3 Å². The fourth-order valence-electron chi connectivity index (χ4n) is 3.88. The van der Waals surface area contributed by atoms with Crippen molar-refractivity contribution in [1.82, 2.24) is 14.8 Å². The average molecular weight is 417 g/mol. The number of anilines is 2. The van der Waals surface area contributed by atoms with Crippen LogP contribution in [0.25, 0.3) is 10.9 Å². The van der Waals surface area contributed by atoms with Crippen LogP contribution in [0.5, 0.6) is 0 Å². The smallest absolute Gasteiger partial charge is 0.393 e. The summed E-state index contributed by atoms with van der Waals surface area (Å²) in [6.45, 7) is 0. The van der Waals surface area contributed by atoms with Gasteiger partial charge in [-0.25, -0.2) is 0 Å². The third kappa shape index (κ3) is 3.64. The minimum atomic E-state index is -4.44. The van der Waals surface area contributed by atoms with E-state index < -0.39 is 29.3 Å². The standard InChI is InChI=1S/C20H18F3N5O2/c21-20(22,23)12-1-3-13(4-2-12)26-18-17-16(7-8-25-19(17)30)28(27-18)15-6-5-14(29)9-11(15)10-24/h1-4,7-8,11,14-15,29H,5-6,9H2,(H,25,30)(H,26,27)/t11-,14-,15+/m0/s1. The Balaban J connectivity index is 1.74. The molecule has 0 unspecified atom stereocenters. The molecule has 3 N–H and O–H groups in total. The van der Waals surface area contributed by atoms with Crippen molar-refractivity contribution in [3.63, 3.8) is 0 Å². The molecule has 0 aliphatic heterocycles. The quantitative estimate of drug-likeness (QED) is 0.602. The molecule has 1 aromatic carbocycles. The fraction of sp³-hybridized carbons (Fsp3) is 0.350. The van der Waals surface area contributed by atoms with Crippen molar-refractivity contribution in [3.05, 3.63) is 52.4 Å². The molecular weight excluding hydrogens is 399 g/mol. The summed E-state index contributed by atoms with van der Waals surface area (Å²) in [5, 5.41) is 27.1. The SMILES string of the molecule is N#C[C@@H]1C[C@@H](O)CC[C@H]1n1nc(Nc2ccc(C(F)(F)F)cc2)c2c(=O)[nH]ccc21. The molecular formula is C20H18F3N5O2. The Morgan fingerprint density at radius 2 is 1.97 bits per heavy atom. The monoisotopic (exact) mass is 417 g/mol. The minimum Gasteiger partial charge on any atom is -0.393 e. The first-order valence-corrected chi connectivity index (χ1v) is 9.40. The summed E-state index contributed by atoms with van der Waals surface area (Å²) in [4.78, 5) is 15.0. The lowest BCUT2D eigenvalue weighted by molar-refractivity contribution is -0.137. The van der Waals surface area contributed by atoms with Crippen LogP contribution >= 0.6 is 0 Å². The summed E-state index contributed by atoms with van der Waals surface area (Å²) >= 11 is 0. The van der Waals surface area contributed by atoms with Gasteiger partial charge in [-0.1, -0.05) is 0 Å². The van der Waals surface area contributed by atoms with E-state index >= 15 is 0 Å². The second kappa shape index (κ2) is 7.50. The largest absolute Gasteiger partial charge is 0.416 e. The van der Waals surface area contributed by atoms with E-state index in [4.69, 9.17) is 0 Å². The van der Waals surface area contributed by atoms with Crippen LogP contribution < -0.4 is 10.9 Å². The maximum absolute atomic E-state index is 12.8. The maximum atomic E-state index is 12.8. The molecule has 1 aliphatic rings. The Morgan fingerprint density at radius 3 is 2.63 bits per heavy atom. The van der Waals surface area contributed by atoms with Crippen molar-refractivity contribution in [1.29, 1.82) is 5.26 Å². The highest BCUT2D eigenvalue weighted by Crippen LogP contribution is 2.37. The molecule has 2 heterocycles. The maximum Gasteiger partial charge on any atom is 0.416 e. The number of pyridine rings is 1. The lowest BCUT2D eigenvalue weighted by Gasteiger charge is -2.30. The summed E-state index contributed by atoms with van der Waals surface area (Å²) < 4.78 is 40.0. The van der Waals surface area contributed by atoms with E-state index in [9.17, 15) is 28.3 Å². The van der Waals surface area contributed by atoms with Crippen LogP contribution in [0.4, 0.5) is 24.7 Å². The third-order valence-electron chi connectivity index (χ3n) is 5.37. The molecule has 156 valence electrons. The lowest BCUT2D eigenvalue weighted by atomic mass is 9.84. The zero-order valence-corrected chi connectivity index (χ0v) is 15.6. The van der Waals surface area contributed by atoms with Crippen LogP contribution in [-0.2, 0) is 6.18 Å². The van der Waals surface area contributed by atoms with E-state index in [2.05, 4.69) is 21.5 Å². The van der Waals surface area contributed by atoms with E-state index in [1.54, 1.807) is 10.7 Å². The number of benzene rings is 1. The number of alkyl halides is 3. The van der Waals surface area contributed by atoms with E-state index in [0.717, 1.165) is 12.1 Å². The number of aliphatic hydroxyl groups is 1. The molecule has 0 amide bonds. The topological polar surface area (TPSA) is 107 Å². The summed E-state index contributed by atoms with van der Waals surface area (Å²) in [5.74, 6) is -0.288. The molecule has 0 bridgehead atoms. The van der Waals surface area contributed by atoms with Gasteiger partial charge in [0.15, 0.2) is 5.82 Å². The van der Waals surface area contributed by atoms with Crippen molar-refractivity contribution >= 4 is 22.4 Å². The van der Waals surface area contributed by atoms with Gasteiger partial charge in [0.05, 0.1) is 35.2 Å². The number of hydrogen-bond donors (Lipinski definition) is 3. The lowest BCUT2D eigenvalue weighted by Crippen LogP contribution is -2.29. The van der Waals surface area contributed by atoms with Gasteiger partial charge in [-0.3, -0.25) is 9.48 Å². The Labute approximate surface area is 168 Å². The van der Waals surface area contributed by atoms with E-state index in [1.807, 2.05) is 0 Å². The van der Waals surface area contributed by atoms with Gasteiger partial charge in [-0.15, -0.1) is 0 Å². The van der Waals surface area contributed by atoms with Crippen LogP contribution in [0.1, 0.15) is 30.9 Å². The number of aromatic nitrogens is 3. The molecule has 0 spiro atoms. The molecule has 7 nitrogen and oxygen atoms in total. The number of nitrogens with one attached hydrogen (secondary N) is 2. The van der Waals surface area contributed by atoms with Gasteiger partial charge in [0, 0.05) is 11.9 Å². The summed E-state index contributed by atoms with van der Waals surface area (Å²) in [5.41, 5.74) is -0.333. The normalized spacial score (nSPS) is 22.0. The zero-order valence-electron chi connectivity index (χ0n) is 15.6. The Morgan fingerprint density at radius 1 is 1.23 bits per heavy atom. The Kier molecular flexibility index (Phi) is 4.99. The van der Waals surface area contributed by atoms with Gasteiger partial charge in [-0.05, 0) is 49.6 Å². The van der Waals surface area contributed by atoms with Crippen LogP contribution in [0, 0.1) is 17.2 Å². The molecule has 4 rings (SSSR count). The minimum absolute atomic E-state index is 0.189. The van der Waals surface area contributed by atoms with Crippen molar-refractivity contribution < 1.29 is 18.3 Å². The molecule has 30 heavy (non-hydrogen) atoms. The summed E-state index contributed by atoms with van der Waals surface area (Å²) in [6, 6.07) is 7.96. The highest BCUT2D eigenvalue weighted by atomic mass is 19.4. The molecule has 0 radical (unpaired) electrons. The van der Waals surface area contributed by atoms with Gasteiger partial charge in [0.25, 0.3) is 5.56 Å². The number of aromatic amines is 1. The first-order chi connectivity index (χ1) is 14.3. The van der Waals surface area contributed by atoms with Crippen molar-refractivity contribution in [2.24, 2.45) is 5.92 Å². The van der Waals surface area contributed by atoms with Crippen molar-refractivity contribution in [3.8, 4) is 6.07 Å². The summed E-state index contributed by atoms with van der Waals surface area (Å²) in [7, 11) is 0. The van der Waals surface area contributed by atoms with Crippen LogP contribution in [-0.4, -0.2) is 26.0 Å². The fourth-order valence-corrected chi connectivity index (χ4v) is 3.88. The number of fused-ring (bicyclic) bond motifs is 1. The Hall–Kier alpha value is -3.32. The molecule has 0 saturated heterocycles. The number of halogens is 3. The molecule has 3 atom stereocenters. The predicted molar refractivity (Wildman–Crippen MR) is 103 cm³/mol. The van der Waals surface area contributed by atoms with E-state index in [0.29, 0.717) is 30.5 Å². The van der Waals surface area contributed by atoms with Gasteiger partial charge in [0.2, 0.25) is 0 Å². The molecule has 1 saturated carbocycles. The van der Waals surface area contributed by atoms with Crippen molar-refractivity contribution in [2.75, 3.05) is 5.32 Å². The molecule has 1 fully saturated rings. The van der Waals surface area contributed by atoms with E-state index in [-0.39, 0.29) is 17.2 Å². The first-order valence-electron chi connectivity index (χ1n) is 9.40. The second-order valence-electron chi connectivity index (χ2n) is 7.33.